The molecule has 0 spiro atoms. The van der Waals surface area contributed by atoms with Crippen LogP contribution in [0.3, 0.4) is 0 Å². The summed E-state index contributed by atoms with van der Waals surface area (Å²) < 4.78 is 5.92. The summed E-state index contributed by atoms with van der Waals surface area (Å²) in [5.41, 5.74) is 15.2. The molecule has 0 fully saturated rings. The molecule has 0 unspecified atom stereocenters. The highest BCUT2D eigenvalue weighted by molar-refractivity contribution is 5.95. The topological polar surface area (TPSA) is 89.0 Å². The summed E-state index contributed by atoms with van der Waals surface area (Å²) in [4.78, 5) is 0. The predicted octanol–water partition coefficient (Wildman–Crippen LogP) is 3.83. The van der Waals surface area contributed by atoms with Crippen LogP contribution >= 0.6 is 0 Å². The fourth-order valence-electron chi connectivity index (χ4n) is 2.31. The minimum atomic E-state index is 0.0539. The van der Waals surface area contributed by atoms with Crippen molar-refractivity contribution < 1.29 is 4.42 Å². The van der Waals surface area contributed by atoms with Crippen LogP contribution in [0.5, 0.6) is 0 Å². The van der Waals surface area contributed by atoms with Gasteiger partial charge in [-0.15, -0.1) is 0 Å². The first-order chi connectivity index (χ1) is 11.0. The van der Waals surface area contributed by atoms with Gasteiger partial charge in [-0.3, -0.25) is 5.41 Å². The number of nitrogens with one attached hydrogen (secondary N) is 1. The third-order valence-electron chi connectivity index (χ3n) is 3.63. The second-order valence-electron chi connectivity index (χ2n) is 5.26. The molecule has 0 amide bonds. The molecule has 5 N–H and O–H groups in total. The summed E-state index contributed by atoms with van der Waals surface area (Å²) in [6.07, 6.45) is 0. The first kappa shape index (κ1) is 14.7. The van der Waals surface area contributed by atoms with E-state index in [2.05, 4.69) is 6.58 Å². The van der Waals surface area contributed by atoms with Crippen molar-refractivity contribution in [1.29, 1.82) is 5.41 Å². The Morgan fingerprint density at radius 2 is 1.17 bits per heavy atom. The summed E-state index contributed by atoms with van der Waals surface area (Å²) in [5.74, 6) is 1.60. The maximum atomic E-state index is 7.41. The lowest BCUT2D eigenvalue weighted by atomic mass is 10.1. The summed E-state index contributed by atoms with van der Waals surface area (Å²) in [6.45, 7) is 3.72. The minimum absolute atomic E-state index is 0.0539. The molecule has 3 rings (SSSR count). The number of hydrogen-bond acceptors (Lipinski definition) is 3. The minimum Gasteiger partial charge on any atom is -0.456 e. The molecule has 4 nitrogen and oxygen atoms in total. The molecule has 2 aromatic carbocycles. The Balaban J connectivity index is 1.87. The van der Waals surface area contributed by atoms with Gasteiger partial charge in [-0.2, -0.15) is 0 Å². The molecule has 4 heteroatoms. The van der Waals surface area contributed by atoms with E-state index in [1.54, 1.807) is 0 Å². The van der Waals surface area contributed by atoms with Crippen LogP contribution in [0.15, 0.2) is 71.7 Å². The molecule has 1 heterocycles. The zero-order chi connectivity index (χ0) is 16.4. The van der Waals surface area contributed by atoms with E-state index in [1.165, 1.54) is 0 Å². The largest absolute Gasteiger partial charge is 0.456 e. The highest BCUT2D eigenvalue weighted by atomic mass is 16.3. The van der Waals surface area contributed by atoms with E-state index in [-0.39, 0.29) is 5.84 Å². The lowest BCUT2D eigenvalue weighted by Gasteiger charge is -2.02. The van der Waals surface area contributed by atoms with Crippen molar-refractivity contribution in [2.75, 3.05) is 0 Å². The molecule has 1 aromatic heterocycles. The van der Waals surface area contributed by atoms with Crippen LogP contribution in [0.25, 0.3) is 28.3 Å². The number of nitrogen functional groups attached to an aromatic ring is 1. The van der Waals surface area contributed by atoms with Gasteiger partial charge in [0.05, 0.1) is 0 Å². The quantitative estimate of drug-likeness (QED) is 0.505. The van der Waals surface area contributed by atoms with Gasteiger partial charge in [0, 0.05) is 22.4 Å². The zero-order valence-electron chi connectivity index (χ0n) is 12.5. The first-order valence-corrected chi connectivity index (χ1v) is 7.14. The van der Waals surface area contributed by atoms with E-state index in [9.17, 15) is 0 Å². The maximum Gasteiger partial charge on any atom is 0.134 e. The Kier molecular flexibility index (Phi) is 3.73. The SMILES string of the molecule is C=C(N)c1ccc(-c2ccc(-c3ccc(C(=N)N)cc3)o2)cc1. The Morgan fingerprint density at radius 3 is 1.57 bits per heavy atom. The molecule has 0 saturated heterocycles. The van der Waals surface area contributed by atoms with E-state index >= 15 is 0 Å². The van der Waals surface area contributed by atoms with Gasteiger partial charge in [-0.25, -0.2) is 0 Å². The molecule has 0 saturated carbocycles. The van der Waals surface area contributed by atoms with Crippen LogP contribution in [-0.2, 0) is 0 Å². The van der Waals surface area contributed by atoms with Crippen molar-refractivity contribution in [3.05, 3.63) is 78.4 Å². The molecule has 0 aliphatic rings. The Morgan fingerprint density at radius 1 is 0.739 bits per heavy atom. The second-order valence-corrected chi connectivity index (χ2v) is 5.26. The fraction of sp³-hybridized carbons (Fsp3) is 0. The molecule has 23 heavy (non-hydrogen) atoms. The number of rotatable bonds is 4. The van der Waals surface area contributed by atoms with E-state index in [1.807, 2.05) is 60.7 Å². The van der Waals surface area contributed by atoms with Crippen molar-refractivity contribution in [2.24, 2.45) is 11.5 Å². The number of nitrogens with two attached hydrogens (primary N) is 2. The van der Waals surface area contributed by atoms with E-state index < -0.39 is 0 Å². The number of hydrogen-bond donors (Lipinski definition) is 3. The molecule has 0 aliphatic carbocycles. The Labute approximate surface area is 134 Å². The second kappa shape index (κ2) is 5.85. The van der Waals surface area contributed by atoms with Gasteiger partial charge in [0.15, 0.2) is 0 Å². The van der Waals surface area contributed by atoms with Crippen LogP contribution in [-0.4, -0.2) is 5.84 Å². The van der Waals surface area contributed by atoms with Crippen LogP contribution in [0, 0.1) is 5.41 Å². The predicted molar refractivity (Wildman–Crippen MR) is 93.8 cm³/mol. The van der Waals surface area contributed by atoms with Gasteiger partial charge in [0.2, 0.25) is 0 Å². The number of furan rings is 1. The summed E-state index contributed by atoms with van der Waals surface area (Å²) in [6, 6.07) is 19.0. The van der Waals surface area contributed by atoms with E-state index in [4.69, 9.17) is 21.3 Å². The van der Waals surface area contributed by atoms with Gasteiger partial charge in [-0.05, 0) is 17.7 Å². The van der Waals surface area contributed by atoms with Crippen molar-refractivity contribution in [1.82, 2.24) is 0 Å². The molecule has 114 valence electrons. The zero-order valence-corrected chi connectivity index (χ0v) is 12.5. The molecular weight excluding hydrogens is 286 g/mol. The lowest BCUT2D eigenvalue weighted by molar-refractivity contribution is 0.597. The monoisotopic (exact) mass is 303 g/mol. The molecule has 3 aromatic rings. The van der Waals surface area contributed by atoms with Crippen LogP contribution < -0.4 is 11.5 Å². The average Bonchev–Trinajstić information content (AvgIpc) is 3.05. The van der Waals surface area contributed by atoms with Crippen LogP contribution in [0.4, 0.5) is 0 Å². The van der Waals surface area contributed by atoms with Crippen molar-refractivity contribution in [2.45, 2.75) is 0 Å². The third-order valence-corrected chi connectivity index (χ3v) is 3.63. The highest BCUT2D eigenvalue weighted by Gasteiger charge is 2.07. The van der Waals surface area contributed by atoms with Gasteiger partial charge in [0.1, 0.15) is 17.4 Å². The van der Waals surface area contributed by atoms with Gasteiger partial charge < -0.3 is 15.9 Å². The average molecular weight is 303 g/mol. The van der Waals surface area contributed by atoms with Crippen LogP contribution in [0.1, 0.15) is 11.1 Å². The van der Waals surface area contributed by atoms with Crippen molar-refractivity contribution >= 4 is 11.5 Å². The van der Waals surface area contributed by atoms with Crippen LogP contribution in [0.2, 0.25) is 0 Å². The van der Waals surface area contributed by atoms with E-state index in [0.29, 0.717) is 11.3 Å². The standard InChI is InChI=1S/C19H17N3O/c1-12(20)13-2-4-14(5-3-13)17-10-11-18(23-17)15-6-8-16(9-7-15)19(21)22/h2-11H,1,20H2,(H3,21,22). The third kappa shape index (κ3) is 3.01. The van der Waals surface area contributed by atoms with Gasteiger partial charge in [0.25, 0.3) is 0 Å². The van der Waals surface area contributed by atoms with Crippen molar-refractivity contribution in [3.8, 4) is 22.6 Å². The van der Waals surface area contributed by atoms with E-state index in [0.717, 1.165) is 28.2 Å². The van der Waals surface area contributed by atoms with Gasteiger partial charge >= 0.3 is 0 Å². The molecule has 0 aliphatic heterocycles. The molecule has 0 radical (unpaired) electrons. The molecule has 0 bridgehead atoms. The highest BCUT2D eigenvalue weighted by Crippen LogP contribution is 2.29. The molecule has 0 atom stereocenters. The van der Waals surface area contributed by atoms with Crippen molar-refractivity contribution in [3.63, 3.8) is 0 Å². The smallest absolute Gasteiger partial charge is 0.134 e. The Bertz CT molecular complexity index is 786. The number of amidine groups is 1. The summed E-state index contributed by atoms with van der Waals surface area (Å²) in [5, 5.41) is 7.41. The molecular formula is C19H17N3O. The maximum absolute atomic E-state index is 7.41. The summed E-state index contributed by atoms with van der Waals surface area (Å²) in [7, 11) is 0. The first-order valence-electron chi connectivity index (χ1n) is 7.14. The lowest BCUT2D eigenvalue weighted by Crippen LogP contribution is -2.10. The fourth-order valence-corrected chi connectivity index (χ4v) is 2.31. The Hall–Kier alpha value is -3.27. The van der Waals surface area contributed by atoms with Gasteiger partial charge in [-0.1, -0.05) is 55.1 Å². The summed E-state index contributed by atoms with van der Waals surface area (Å²) >= 11 is 0. The normalized spacial score (nSPS) is 10.4. The number of benzene rings is 2.